The zero-order chi connectivity index (χ0) is 24.4. The van der Waals surface area contributed by atoms with Crippen molar-refractivity contribution in [3.8, 4) is 5.75 Å². The van der Waals surface area contributed by atoms with E-state index in [9.17, 15) is 8.42 Å². The number of nitrogens with zero attached hydrogens (tertiary/aromatic N) is 3. The molecule has 0 spiro atoms. The molecule has 1 N–H and O–H groups in total. The van der Waals surface area contributed by atoms with Crippen LogP contribution >= 0.6 is 24.0 Å². The first-order chi connectivity index (χ1) is 16.9. The maximum absolute atomic E-state index is 12.4. The van der Waals surface area contributed by atoms with Gasteiger partial charge in [-0.05, 0) is 79.7 Å². The van der Waals surface area contributed by atoms with Crippen molar-refractivity contribution in [1.29, 1.82) is 0 Å². The molecule has 2 heterocycles. The lowest BCUT2D eigenvalue weighted by atomic mass is 9.75. The molecule has 2 aromatic carbocycles. The van der Waals surface area contributed by atoms with Crippen LogP contribution in [0.1, 0.15) is 35.4 Å². The van der Waals surface area contributed by atoms with Crippen molar-refractivity contribution in [2.24, 2.45) is 7.05 Å². The summed E-state index contributed by atoms with van der Waals surface area (Å²) in [5.41, 5.74) is 3.96. The lowest BCUT2D eigenvalue weighted by molar-refractivity contribution is 0.0876. The SMILES string of the molecule is Cl.Cn1cc(S(=O)(=O)NCCOc2ccc3c(c2)C(Cc2cccc(Cl)c2)C(N2CCC2)CC3)cn1. The largest absolute Gasteiger partial charge is 0.492 e. The van der Waals surface area contributed by atoms with Gasteiger partial charge in [0.05, 0.1) is 6.20 Å². The molecule has 5 rings (SSSR count). The molecule has 0 radical (unpaired) electrons. The molecule has 1 aromatic heterocycles. The average molecular weight is 552 g/mol. The highest BCUT2D eigenvalue weighted by Gasteiger charge is 2.36. The zero-order valence-corrected chi connectivity index (χ0v) is 22.7. The van der Waals surface area contributed by atoms with Crippen LogP contribution in [0, 0.1) is 0 Å². The van der Waals surface area contributed by atoms with Crippen LogP contribution in [0.15, 0.2) is 59.8 Å². The molecule has 1 saturated heterocycles. The van der Waals surface area contributed by atoms with E-state index in [0.717, 1.165) is 30.0 Å². The minimum Gasteiger partial charge on any atom is -0.492 e. The number of ether oxygens (including phenoxy) is 1. The smallest absolute Gasteiger partial charge is 0.243 e. The van der Waals surface area contributed by atoms with E-state index in [2.05, 4.69) is 39.0 Å². The van der Waals surface area contributed by atoms with Gasteiger partial charge in [0, 0.05) is 36.8 Å². The van der Waals surface area contributed by atoms with E-state index in [4.69, 9.17) is 16.3 Å². The molecule has 0 bridgehead atoms. The van der Waals surface area contributed by atoms with Crippen molar-refractivity contribution < 1.29 is 13.2 Å². The van der Waals surface area contributed by atoms with E-state index >= 15 is 0 Å². The number of hydrogen-bond acceptors (Lipinski definition) is 5. The average Bonchev–Trinajstić information content (AvgIpc) is 3.24. The summed E-state index contributed by atoms with van der Waals surface area (Å²) in [6, 6.07) is 15.0. The fraction of sp³-hybridized carbons (Fsp3) is 0.423. The van der Waals surface area contributed by atoms with Crippen molar-refractivity contribution in [1.82, 2.24) is 19.4 Å². The third kappa shape index (κ3) is 6.06. The van der Waals surface area contributed by atoms with Crippen LogP contribution in [-0.4, -0.2) is 55.4 Å². The maximum Gasteiger partial charge on any atom is 0.243 e. The molecular weight excluding hydrogens is 519 g/mol. The fourth-order valence-electron chi connectivity index (χ4n) is 5.19. The van der Waals surface area contributed by atoms with Crippen LogP contribution in [-0.2, 0) is 29.9 Å². The lowest BCUT2D eigenvalue weighted by Gasteiger charge is -2.45. The second-order valence-electron chi connectivity index (χ2n) is 9.39. The number of aryl methyl sites for hydroxylation is 2. The summed E-state index contributed by atoms with van der Waals surface area (Å²) in [5.74, 6) is 1.13. The normalized spacial score (nSPS) is 19.7. The molecule has 1 aliphatic carbocycles. The highest BCUT2D eigenvalue weighted by Crippen LogP contribution is 2.40. The van der Waals surface area contributed by atoms with Crippen LogP contribution in [0.25, 0.3) is 0 Å². The quantitative estimate of drug-likeness (QED) is 0.404. The molecule has 36 heavy (non-hydrogen) atoms. The Morgan fingerprint density at radius 1 is 1.19 bits per heavy atom. The molecule has 0 saturated carbocycles. The van der Waals surface area contributed by atoms with Crippen molar-refractivity contribution in [3.63, 3.8) is 0 Å². The Kier molecular flexibility index (Phi) is 8.63. The Morgan fingerprint density at radius 2 is 2.03 bits per heavy atom. The van der Waals surface area contributed by atoms with E-state index in [1.165, 1.54) is 53.3 Å². The molecule has 3 aromatic rings. The van der Waals surface area contributed by atoms with Gasteiger partial charge in [-0.15, -0.1) is 12.4 Å². The van der Waals surface area contributed by atoms with E-state index in [1.807, 2.05) is 18.2 Å². The molecule has 0 amide bonds. The van der Waals surface area contributed by atoms with Crippen LogP contribution in [0.4, 0.5) is 0 Å². The predicted octanol–water partition coefficient (Wildman–Crippen LogP) is 4.20. The third-order valence-corrected chi connectivity index (χ3v) is 8.70. The minimum absolute atomic E-state index is 0. The number of sulfonamides is 1. The number of likely N-dealkylation sites (tertiary alicyclic amines) is 1. The fourth-order valence-corrected chi connectivity index (χ4v) is 6.40. The Morgan fingerprint density at radius 3 is 2.72 bits per heavy atom. The Labute approximate surface area is 224 Å². The second kappa shape index (κ2) is 11.5. The van der Waals surface area contributed by atoms with Crippen LogP contribution in [0.2, 0.25) is 5.02 Å². The summed E-state index contributed by atoms with van der Waals surface area (Å²) in [6.45, 7) is 2.75. The number of aromatic nitrogens is 2. The topological polar surface area (TPSA) is 76.5 Å². The number of nitrogens with one attached hydrogen (secondary N) is 1. The lowest BCUT2D eigenvalue weighted by Crippen LogP contribution is -2.49. The van der Waals surface area contributed by atoms with E-state index in [0.29, 0.717) is 12.0 Å². The van der Waals surface area contributed by atoms with Crippen LogP contribution in [0.5, 0.6) is 5.75 Å². The minimum atomic E-state index is -3.60. The number of halogens is 2. The number of fused-ring (bicyclic) bond motifs is 1. The van der Waals surface area contributed by atoms with Gasteiger partial charge in [-0.2, -0.15) is 5.10 Å². The second-order valence-corrected chi connectivity index (χ2v) is 11.6. The van der Waals surface area contributed by atoms with Crippen molar-refractivity contribution in [3.05, 3.63) is 76.6 Å². The molecule has 2 unspecified atom stereocenters. The number of hydrogen-bond donors (Lipinski definition) is 1. The van der Waals surface area contributed by atoms with Gasteiger partial charge in [0.25, 0.3) is 0 Å². The molecule has 7 nitrogen and oxygen atoms in total. The standard InChI is InChI=1S/C26H31ClN4O3S.ClH/c1-30-18-23(17-28-30)35(32,33)29-10-13-34-22-8-6-20-7-9-26(31-11-3-12-31)25(24(20)16-22)15-19-4-2-5-21(27)14-19;/h2,4-6,8,14,16-18,25-26,29H,3,7,9-13,15H2,1H3;1H. The molecule has 1 fully saturated rings. The van der Waals surface area contributed by atoms with Gasteiger partial charge in [-0.3, -0.25) is 9.58 Å². The van der Waals surface area contributed by atoms with Gasteiger partial charge in [-0.1, -0.05) is 29.8 Å². The molecule has 1 aliphatic heterocycles. The highest BCUT2D eigenvalue weighted by atomic mass is 35.5. The third-order valence-electron chi connectivity index (χ3n) is 7.05. The van der Waals surface area contributed by atoms with Crippen molar-refractivity contribution in [2.45, 2.75) is 42.5 Å². The first-order valence-corrected chi connectivity index (χ1v) is 14.0. The maximum atomic E-state index is 12.4. The van der Waals surface area contributed by atoms with E-state index in [-0.39, 0.29) is 30.5 Å². The summed E-state index contributed by atoms with van der Waals surface area (Å²) >= 11 is 6.28. The summed E-state index contributed by atoms with van der Waals surface area (Å²) in [7, 11) is -1.91. The first kappa shape index (κ1) is 26.9. The molecular formula is C26H32Cl2N4O3S. The summed E-state index contributed by atoms with van der Waals surface area (Å²) in [6.07, 6.45) is 7.24. The summed E-state index contributed by atoms with van der Waals surface area (Å²) in [5, 5.41) is 4.69. The zero-order valence-electron chi connectivity index (χ0n) is 20.3. The van der Waals surface area contributed by atoms with Gasteiger partial charge in [-0.25, -0.2) is 13.1 Å². The van der Waals surface area contributed by atoms with Gasteiger partial charge in [0.2, 0.25) is 10.0 Å². The Balaban J connectivity index is 0.00000304. The van der Waals surface area contributed by atoms with Gasteiger partial charge >= 0.3 is 0 Å². The summed E-state index contributed by atoms with van der Waals surface area (Å²) in [4.78, 5) is 2.76. The summed E-state index contributed by atoms with van der Waals surface area (Å²) < 4.78 is 34.8. The Hall–Kier alpha value is -2.10. The number of benzene rings is 2. The first-order valence-electron chi connectivity index (χ1n) is 12.1. The predicted molar refractivity (Wildman–Crippen MR) is 144 cm³/mol. The van der Waals surface area contributed by atoms with Crippen molar-refractivity contribution >= 4 is 34.0 Å². The van der Waals surface area contributed by atoms with Gasteiger partial charge < -0.3 is 4.74 Å². The molecule has 194 valence electrons. The van der Waals surface area contributed by atoms with Crippen LogP contribution in [0.3, 0.4) is 0 Å². The molecule has 2 atom stereocenters. The molecule has 2 aliphatic rings. The van der Waals surface area contributed by atoms with Crippen LogP contribution < -0.4 is 9.46 Å². The van der Waals surface area contributed by atoms with Gasteiger partial charge in [0.15, 0.2) is 0 Å². The van der Waals surface area contributed by atoms with E-state index in [1.54, 1.807) is 7.05 Å². The highest BCUT2D eigenvalue weighted by molar-refractivity contribution is 7.89. The van der Waals surface area contributed by atoms with Crippen molar-refractivity contribution in [2.75, 3.05) is 26.2 Å². The monoisotopic (exact) mass is 550 g/mol. The van der Waals surface area contributed by atoms with Gasteiger partial charge in [0.1, 0.15) is 17.3 Å². The molecule has 10 heteroatoms. The number of rotatable bonds is 9. The van der Waals surface area contributed by atoms with E-state index < -0.39 is 10.0 Å². The Bertz CT molecular complexity index is 1290.